The van der Waals surface area contributed by atoms with Crippen molar-refractivity contribution in [3.8, 4) is 0 Å². The molecule has 0 bridgehead atoms. The summed E-state index contributed by atoms with van der Waals surface area (Å²) in [5.74, 6) is 0. The average molecular weight is 202 g/mol. The summed E-state index contributed by atoms with van der Waals surface area (Å²) >= 11 is 7.40. The molecule has 0 unspecified atom stereocenters. The van der Waals surface area contributed by atoms with E-state index in [1.807, 2.05) is 7.05 Å². The van der Waals surface area contributed by atoms with Gasteiger partial charge < -0.3 is 0 Å². The second kappa shape index (κ2) is 4.65. The minimum absolute atomic E-state index is 0.688. The maximum Gasteiger partial charge on any atom is 0.0336 e. The summed E-state index contributed by atoms with van der Waals surface area (Å²) in [5, 5.41) is 4.92. The Morgan fingerprint density at radius 3 is 3.00 bits per heavy atom. The minimum Gasteiger partial charge on any atom is -0.297 e. The monoisotopic (exact) mass is 201 g/mol. The molecule has 0 radical (unpaired) electrons. The molecule has 1 aromatic rings. The topological polar surface area (TPSA) is 3.24 Å². The first-order chi connectivity index (χ1) is 5.68. The van der Waals surface area contributed by atoms with Crippen LogP contribution in [0.25, 0.3) is 0 Å². The van der Waals surface area contributed by atoms with E-state index in [4.69, 9.17) is 11.6 Å². The van der Waals surface area contributed by atoms with Crippen molar-refractivity contribution in [2.45, 2.75) is 6.54 Å². The van der Waals surface area contributed by atoms with Crippen LogP contribution in [0.2, 0.25) is 0 Å². The Morgan fingerprint density at radius 2 is 2.50 bits per heavy atom. The van der Waals surface area contributed by atoms with E-state index in [9.17, 15) is 0 Å². The molecule has 12 heavy (non-hydrogen) atoms. The van der Waals surface area contributed by atoms with Crippen LogP contribution in [0.1, 0.15) is 5.56 Å². The summed E-state index contributed by atoms with van der Waals surface area (Å²) in [6.07, 6.45) is 0. The van der Waals surface area contributed by atoms with Crippen LogP contribution in [0, 0.1) is 0 Å². The van der Waals surface area contributed by atoms with Crippen molar-refractivity contribution in [1.29, 1.82) is 0 Å². The molecule has 1 rings (SSSR count). The molecule has 1 nitrogen and oxygen atoms in total. The van der Waals surface area contributed by atoms with Gasteiger partial charge in [-0.15, -0.1) is 0 Å². The number of hydrogen-bond acceptors (Lipinski definition) is 2. The van der Waals surface area contributed by atoms with Gasteiger partial charge in [-0.3, -0.25) is 4.90 Å². The van der Waals surface area contributed by atoms with Crippen LogP contribution in [0.5, 0.6) is 0 Å². The van der Waals surface area contributed by atoms with Gasteiger partial charge in [0.2, 0.25) is 0 Å². The number of thiophene rings is 1. The highest BCUT2D eigenvalue weighted by atomic mass is 35.5. The average Bonchev–Trinajstić information content (AvgIpc) is 2.37. The second-order valence-corrected chi connectivity index (χ2v) is 4.14. The molecule has 0 aliphatic rings. The molecule has 1 aromatic heterocycles. The smallest absolute Gasteiger partial charge is 0.0336 e. The van der Waals surface area contributed by atoms with E-state index in [0.717, 1.165) is 13.1 Å². The number of rotatable bonds is 4. The molecule has 1 heterocycles. The van der Waals surface area contributed by atoms with Gasteiger partial charge in [0.15, 0.2) is 0 Å². The maximum absolute atomic E-state index is 5.68. The van der Waals surface area contributed by atoms with Crippen LogP contribution >= 0.6 is 22.9 Å². The standard InChI is InChI=1S/C9H12ClNS/c1-8(10)5-11(2)6-9-3-4-12-7-9/h3-4,7H,1,5-6H2,2H3. The third-order valence-corrected chi connectivity index (χ3v) is 2.33. The number of nitrogens with zero attached hydrogens (tertiary/aromatic N) is 1. The molecule has 66 valence electrons. The molecular weight excluding hydrogens is 190 g/mol. The molecule has 0 saturated heterocycles. The third-order valence-electron chi connectivity index (χ3n) is 1.47. The normalized spacial score (nSPS) is 10.6. The van der Waals surface area contributed by atoms with Gasteiger partial charge in [0, 0.05) is 18.1 Å². The Kier molecular flexibility index (Phi) is 3.79. The minimum atomic E-state index is 0.688. The molecule has 0 N–H and O–H groups in total. The van der Waals surface area contributed by atoms with Gasteiger partial charge in [0.1, 0.15) is 0 Å². The second-order valence-electron chi connectivity index (χ2n) is 2.82. The molecule has 0 aromatic carbocycles. The largest absolute Gasteiger partial charge is 0.297 e. The van der Waals surface area contributed by atoms with Crippen molar-refractivity contribution < 1.29 is 0 Å². The maximum atomic E-state index is 5.68. The van der Waals surface area contributed by atoms with Crippen molar-refractivity contribution in [2.75, 3.05) is 13.6 Å². The van der Waals surface area contributed by atoms with Crippen molar-refractivity contribution in [2.24, 2.45) is 0 Å². The van der Waals surface area contributed by atoms with E-state index < -0.39 is 0 Å². The lowest BCUT2D eigenvalue weighted by molar-refractivity contribution is 0.361. The van der Waals surface area contributed by atoms with E-state index >= 15 is 0 Å². The predicted octanol–water partition coefficient (Wildman–Crippen LogP) is 2.93. The van der Waals surface area contributed by atoms with Crippen molar-refractivity contribution in [1.82, 2.24) is 4.90 Å². The highest BCUT2D eigenvalue weighted by Crippen LogP contribution is 2.09. The zero-order valence-electron chi connectivity index (χ0n) is 7.09. The Bertz CT molecular complexity index is 243. The molecule has 0 amide bonds. The SMILES string of the molecule is C=C(Cl)CN(C)Cc1ccsc1. The van der Waals surface area contributed by atoms with Crippen LogP contribution in [-0.4, -0.2) is 18.5 Å². The number of hydrogen-bond donors (Lipinski definition) is 0. The first kappa shape index (κ1) is 9.78. The van der Waals surface area contributed by atoms with Gasteiger partial charge in [-0.2, -0.15) is 11.3 Å². The Labute approximate surface area is 82.3 Å². The zero-order valence-corrected chi connectivity index (χ0v) is 8.66. The van der Waals surface area contributed by atoms with Crippen LogP contribution in [0.3, 0.4) is 0 Å². The lowest BCUT2D eigenvalue weighted by Gasteiger charge is -2.14. The summed E-state index contributed by atoms with van der Waals surface area (Å²) < 4.78 is 0. The van der Waals surface area contributed by atoms with Gasteiger partial charge in [-0.05, 0) is 29.4 Å². The predicted molar refractivity (Wildman–Crippen MR) is 55.6 cm³/mol. The van der Waals surface area contributed by atoms with E-state index in [0.29, 0.717) is 5.03 Å². The van der Waals surface area contributed by atoms with E-state index in [2.05, 4.69) is 28.3 Å². The van der Waals surface area contributed by atoms with Gasteiger partial charge in [-0.1, -0.05) is 18.2 Å². The molecule has 0 saturated carbocycles. The molecule has 0 atom stereocenters. The summed E-state index contributed by atoms with van der Waals surface area (Å²) in [5.41, 5.74) is 1.33. The van der Waals surface area contributed by atoms with Gasteiger partial charge in [0.05, 0.1) is 0 Å². The van der Waals surface area contributed by atoms with E-state index in [1.165, 1.54) is 5.56 Å². The first-order valence-electron chi connectivity index (χ1n) is 3.71. The van der Waals surface area contributed by atoms with E-state index in [-0.39, 0.29) is 0 Å². The summed E-state index contributed by atoms with van der Waals surface area (Å²) in [6, 6.07) is 2.12. The lowest BCUT2D eigenvalue weighted by Crippen LogP contribution is -2.18. The van der Waals surface area contributed by atoms with Gasteiger partial charge >= 0.3 is 0 Å². The molecule has 0 spiro atoms. The van der Waals surface area contributed by atoms with Crippen molar-refractivity contribution >= 4 is 22.9 Å². The van der Waals surface area contributed by atoms with Gasteiger partial charge in [0.25, 0.3) is 0 Å². The Hall–Kier alpha value is -0.310. The lowest BCUT2D eigenvalue weighted by atomic mass is 10.3. The summed E-state index contributed by atoms with van der Waals surface area (Å²) in [6.45, 7) is 5.34. The van der Waals surface area contributed by atoms with Crippen LogP contribution < -0.4 is 0 Å². The highest BCUT2D eigenvalue weighted by Gasteiger charge is 2.00. The summed E-state index contributed by atoms with van der Waals surface area (Å²) in [4.78, 5) is 2.14. The third kappa shape index (κ3) is 3.39. The number of likely N-dealkylation sites (N-methyl/N-ethyl adjacent to an activating group) is 1. The van der Waals surface area contributed by atoms with E-state index in [1.54, 1.807) is 11.3 Å². The Morgan fingerprint density at radius 1 is 1.75 bits per heavy atom. The fourth-order valence-corrected chi connectivity index (χ4v) is 1.91. The fourth-order valence-electron chi connectivity index (χ4n) is 1.04. The Balaban J connectivity index is 2.36. The number of halogens is 1. The van der Waals surface area contributed by atoms with Crippen molar-refractivity contribution in [3.63, 3.8) is 0 Å². The van der Waals surface area contributed by atoms with Crippen LogP contribution in [0.4, 0.5) is 0 Å². The van der Waals surface area contributed by atoms with Crippen LogP contribution in [-0.2, 0) is 6.54 Å². The molecular formula is C9H12ClNS. The molecule has 0 aliphatic heterocycles. The molecule has 0 aliphatic carbocycles. The molecule has 0 fully saturated rings. The molecule has 3 heteroatoms. The summed E-state index contributed by atoms with van der Waals surface area (Å²) in [7, 11) is 2.03. The van der Waals surface area contributed by atoms with Crippen molar-refractivity contribution in [3.05, 3.63) is 34.0 Å². The van der Waals surface area contributed by atoms with Gasteiger partial charge in [-0.25, -0.2) is 0 Å². The quantitative estimate of drug-likeness (QED) is 0.724. The van der Waals surface area contributed by atoms with Crippen LogP contribution in [0.15, 0.2) is 28.4 Å². The fraction of sp³-hybridized carbons (Fsp3) is 0.333. The first-order valence-corrected chi connectivity index (χ1v) is 5.03. The highest BCUT2D eigenvalue weighted by molar-refractivity contribution is 7.07. The zero-order chi connectivity index (χ0) is 8.97.